The van der Waals surface area contributed by atoms with Crippen molar-refractivity contribution in [3.8, 4) is 5.69 Å². The Morgan fingerprint density at radius 1 is 1.35 bits per heavy atom. The number of nitrogens with zero attached hydrogens (tertiary/aromatic N) is 2. The molecule has 2 rings (SSSR count). The zero-order valence-electron chi connectivity index (χ0n) is 11.2. The third kappa shape index (κ3) is 3.80. The SMILES string of the molecule is C=CCNCC(=O)NCc1ccccc1-n1cccn1. The van der Waals surface area contributed by atoms with E-state index in [0.29, 0.717) is 13.1 Å². The van der Waals surface area contributed by atoms with Gasteiger partial charge in [-0.2, -0.15) is 5.10 Å². The second-order valence-corrected chi connectivity index (χ2v) is 4.28. The highest BCUT2D eigenvalue weighted by Crippen LogP contribution is 2.12. The van der Waals surface area contributed by atoms with E-state index in [4.69, 9.17) is 0 Å². The van der Waals surface area contributed by atoms with Crippen molar-refractivity contribution < 1.29 is 4.79 Å². The van der Waals surface area contributed by atoms with Crippen molar-refractivity contribution >= 4 is 5.91 Å². The molecule has 1 heterocycles. The van der Waals surface area contributed by atoms with Crippen LogP contribution in [0.3, 0.4) is 0 Å². The van der Waals surface area contributed by atoms with Crippen molar-refractivity contribution in [2.45, 2.75) is 6.54 Å². The second-order valence-electron chi connectivity index (χ2n) is 4.28. The lowest BCUT2D eigenvalue weighted by Gasteiger charge is -2.10. The lowest BCUT2D eigenvalue weighted by Crippen LogP contribution is -2.33. The van der Waals surface area contributed by atoms with Gasteiger partial charge in [-0.3, -0.25) is 4.79 Å². The fourth-order valence-corrected chi connectivity index (χ4v) is 1.84. The monoisotopic (exact) mass is 270 g/mol. The molecule has 0 aliphatic rings. The maximum atomic E-state index is 11.7. The molecule has 5 nitrogen and oxygen atoms in total. The maximum absolute atomic E-state index is 11.7. The number of amides is 1. The molecule has 0 atom stereocenters. The first-order valence-electron chi connectivity index (χ1n) is 6.47. The Balaban J connectivity index is 1.96. The number of hydrogen-bond donors (Lipinski definition) is 2. The summed E-state index contributed by atoms with van der Waals surface area (Å²) in [6.07, 6.45) is 5.33. The first-order valence-corrected chi connectivity index (χ1v) is 6.47. The lowest BCUT2D eigenvalue weighted by atomic mass is 10.2. The molecule has 0 radical (unpaired) electrons. The molecule has 5 heteroatoms. The van der Waals surface area contributed by atoms with Crippen LogP contribution >= 0.6 is 0 Å². The molecular weight excluding hydrogens is 252 g/mol. The molecule has 0 unspecified atom stereocenters. The van der Waals surface area contributed by atoms with Crippen molar-refractivity contribution in [2.75, 3.05) is 13.1 Å². The fourth-order valence-electron chi connectivity index (χ4n) is 1.84. The van der Waals surface area contributed by atoms with Crippen LogP contribution in [0.2, 0.25) is 0 Å². The quantitative estimate of drug-likeness (QED) is 0.588. The van der Waals surface area contributed by atoms with Gasteiger partial charge in [0.15, 0.2) is 0 Å². The molecule has 0 saturated heterocycles. The van der Waals surface area contributed by atoms with E-state index in [1.165, 1.54) is 0 Å². The van der Waals surface area contributed by atoms with Gasteiger partial charge < -0.3 is 10.6 Å². The van der Waals surface area contributed by atoms with Crippen LogP contribution in [0.1, 0.15) is 5.56 Å². The Bertz CT molecular complexity index is 563. The standard InChI is InChI=1S/C15H18N4O/c1-2-8-16-12-15(20)17-11-13-6-3-4-7-14(13)19-10-5-9-18-19/h2-7,9-10,16H,1,8,11-12H2,(H,17,20). The molecule has 1 aromatic carbocycles. The highest BCUT2D eigenvalue weighted by Gasteiger charge is 2.06. The van der Waals surface area contributed by atoms with E-state index in [1.807, 2.05) is 36.5 Å². The van der Waals surface area contributed by atoms with E-state index in [0.717, 1.165) is 11.3 Å². The van der Waals surface area contributed by atoms with Gasteiger partial charge in [-0.25, -0.2) is 4.68 Å². The fraction of sp³-hybridized carbons (Fsp3) is 0.200. The molecule has 2 aromatic rings. The summed E-state index contributed by atoms with van der Waals surface area (Å²) in [5.74, 6) is -0.0397. The van der Waals surface area contributed by atoms with Crippen molar-refractivity contribution in [2.24, 2.45) is 0 Å². The third-order valence-electron chi connectivity index (χ3n) is 2.79. The summed E-state index contributed by atoms with van der Waals surface area (Å²) in [4.78, 5) is 11.7. The molecule has 2 N–H and O–H groups in total. The van der Waals surface area contributed by atoms with Crippen molar-refractivity contribution in [3.05, 3.63) is 60.9 Å². The summed E-state index contributed by atoms with van der Waals surface area (Å²) in [7, 11) is 0. The van der Waals surface area contributed by atoms with E-state index in [2.05, 4.69) is 22.3 Å². The summed E-state index contributed by atoms with van der Waals surface area (Å²) in [6.45, 7) is 4.97. The molecule has 0 bridgehead atoms. The van der Waals surface area contributed by atoms with Crippen LogP contribution in [0.5, 0.6) is 0 Å². The van der Waals surface area contributed by atoms with Gasteiger partial charge in [0.2, 0.25) is 5.91 Å². The Hall–Kier alpha value is -2.40. The molecule has 0 aliphatic heterocycles. The van der Waals surface area contributed by atoms with Crippen LogP contribution in [-0.2, 0) is 11.3 Å². The van der Waals surface area contributed by atoms with Gasteiger partial charge in [0, 0.05) is 25.5 Å². The van der Waals surface area contributed by atoms with Crippen molar-refractivity contribution in [1.29, 1.82) is 0 Å². The van der Waals surface area contributed by atoms with Crippen LogP contribution in [0.15, 0.2) is 55.4 Å². The van der Waals surface area contributed by atoms with E-state index >= 15 is 0 Å². The number of carbonyl (C=O) groups excluding carboxylic acids is 1. The first-order chi connectivity index (χ1) is 9.81. The number of para-hydroxylation sites is 1. The molecule has 0 spiro atoms. The minimum atomic E-state index is -0.0397. The lowest BCUT2D eigenvalue weighted by molar-refractivity contribution is -0.120. The van der Waals surface area contributed by atoms with Gasteiger partial charge in [-0.1, -0.05) is 24.3 Å². The number of nitrogens with one attached hydrogen (secondary N) is 2. The molecule has 0 saturated carbocycles. The maximum Gasteiger partial charge on any atom is 0.234 e. The van der Waals surface area contributed by atoms with Crippen LogP contribution in [0, 0.1) is 0 Å². The van der Waals surface area contributed by atoms with E-state index < -0.39 is 0 Å². The zero-order chi connectivity index (χ0) is 14.2. The van der Waals surface area contributed by atoms with Crippen LogP contribution < -0.4 is 10.6 Å². The van der Waals surface area contributed by atoms with E-state index in [-0.39, 0.29) is 12.5 Å². The summed E-state index contributed by atoms with van der Waals surface area (Å²) < 4.78 is 1.79. The van der Waals surface area contributed by atoms with Gasteiger partial charge in [-0.05, 0) is 17.7 Å². The summed E-state index contributed by atoms with van der Waals surface area (Å²) in [5, 5.41) is 10.1. The number of carbonyl (C=O) groups is 1. The summed E-state index contributed by atoms with van der Waals surface area (Å²) in [6, 6.07) is 9.73. The first kappa shape index (κ1) is 14.0. The van der Waals surface area contributed by atoms with Crippen LogP contribution in [0.25, 0.3) is 5.69 Å². The molecular formula is C15H18N4O. The molecule has 1 aromatic heterocycles. The highest BCUT2D eigenvalue weighted by atomic mass is 16.1. The van der Waals surface area contributed by atoms with Crippen LogP contribution in [0.4, 0.5) is 0 Å². The Labute approximate surface area is 118 Å². The van der Waals surface area contributed by atoms with Crippen molar-refractivity contribution in [3.63, 3.8) is 0 Å². The Kier molecular flexibility index (Phi) is 5.08. The minimum absolute atomic E-state index is 0.0397. The average molecular weight is 270 g/mol. The van der Waals surface area contributed by atoms with Gasteiger partial charge in [0.1, 0.15) is 0 Å². The van der Waals surface area contributed by atoms with Crippen molar-refractivity contribution in [1.82, 2.24) is 20.4 Å². The second kappa shape index (κ2) is 7.25. The number of aromatic nitrogens is 2. The van der Waals surface area contributed by atoms with E-state index in [9.17, 15) is 4.79 Å². The number of hydrogen-bond acceptors (Lipinski definition) is 3. The molecule has 1 amide bonds. The third-order valence-corrected chi connectivity index (χ3v) is 2.79. The molecule has 0 aliphatic carbocycles. The summed E-state index contributed by atoms with van der Waals surface area (Å²) >= 11 is 0. The van der Waals surface area contributed by atoms with E-state index in [1.54, 1.807) is 17.0 Å². The topological polar surface area (TPSA) is 59.0 Å². The molecule has 104 valence electrons. The van der Waals surface area contributed by atoms with Gasteiger partial charge in [0.05, 0.1) is 12.2 Å². The zero-order valence-corrected chi connectivity index (χ0v) is 11.2. The number of benzene rings is 1. The Morgan fingerprint density at radius 2 is 2.20 bits per heavy atom. The van der Waals surface area contributed by atoms with Gasteiger partial charge >= 0.3 is 0 Å². The minimum Gasteiger partial charge on any atom is -0.351 e. The highest BCUT2D eigenvalue weighted by molar-refractivity contribution is 5.78. The normalized spacial score (nSPS) is 10.2. The Morgan fingerprint density at radius 3 is 2.95 bits per heavy atom. The van der Waals surface area contributed by atoms with Gasteiger partial charge in [-0.15, -0.1) is 6.58 Å². The molecule has 0 fully saturated rings. The average Bonchev–Trinajstić information content (AvgIpc) is 3.00. The smallest absolute Gasteiger partial charge is 0.234 e. The molecule has 20 heavy (non-hydrogen) atoms. The largest absolute Gasteiger partial charge is 0.351 e. The van der Waals surface area contributed by atoms with Crippen LogP contribution in [-0.4, -0.2) is 28.8 Å². The van der Waals surface area contributed by atoms with Gasteiger partial charge in [0.25, 0.3) is 0 Å². The predicted octanol–water partition coefficient (Wildman–Crippen LogP) is 1.26. The summed E-state index contributed by atoms with van der Waals surface area (Å²) in [5.41, 5.74) is 1.99. The predicted molar refractivity (Wildman–Crippen MR) is 78.5 cm³/mol. The number of rotatable bonds is 7.